The highest BCUT2D eigenvalue weighted by atomic mass is 79.9. The van der Waals surface area contributed by atoms with Crippen LogP contribution in [0, 0.1) is 6.92 Å². The van der Waals surface area contributed by atoms with E-state index in [4.69, 9.17) is 4.74 Å². The molecule has 0 atom stereocenters. The molecule has 2 rings (SSSR count). The first kappa shape index (κ1) is 14.8. The van der Waals surface area contributed by atoms with Crippen LogP contribution in [0.15, 0.2) is 53.0 Å². The van der Waals surface area contributed by atoms with Crippen LogP contribution in [-0.4, -0.2) is 12.4 Å². The van der Waals surface area contributed by atoms with E-state index in [0.29, 0.717) is 13.0 Å². The highest BCUT2D eigenvalue weighted by Crippen LogP contribution is 2.22. The number of halogens is 1. The second kappa shape index (κ2) is 7.25. The van der Waals surface area contributed by atoms with Crippen molar-refractivity contribution in [1.82, 2.24) is 0 Å². The molecule has 0 saturated carbocycles. The van der Waals surface area contributed by atoms with E-state index in [9.17, 15) is 4.79 Å². The summed E-state index contributed by atoms with van der Waals surface area (Å²) in [7, 11) is 0. The van der Waals surface area contributed by atoms with E-state index in [-0.39, 0.29) is 5.78 Å². The number of hydrogen-bond donors (Lipinski definition) is 0. The molecule has 0 spiro atoms. The Balaban J connectivity index is 1.78. The fourth-order valence-electron chi connectivity index (χ4n) is 1.96. The van der Waals surface area contributed by atoms with Crippen molar-refractivity contribution < 1.29 is 9.53 Å². The molecule has 0 radical (unpaired) electrons. The zero-order valence-corrected chi connectivity index (χ0v) is 13.0. The van der Waals surface area contributed by atoms with Gasteiger partial charge in [0.1, 0.15) is 5.75 Å². The molecule has 0 unspecified atom stereocenters. The van der Waals surface area contributed by atoms with Crippen molar-refractivity contribution in [2.75, 3.05) is 6.61 Å². The van der Waals surface area contributed by atoms with Gasteiger partial charge in [-0.1, -0.05) is 46.3 Å². The molecule has 2 nitrogen and oxygen atoms in total. The minimum absolute atomic E-state index is 0.168. The molecule has 0 bridgehead atoms. The lowest BCUT2D eigenvalue weighted by Gasteiger charge is -2.09. The second-order valence-corrected chi connectivity index (χ2v) is 5.57. The molecule has 0 aliphatic carbocycles. The number of rotatable bonds is 6. The average Bonchev–Trinajstić information content (AvgIpc) is 2.46. The van der Waals surface area contributed by atoms with Gasteiger partial charge in [0.2, 0.25) is 0 Å². The summed E-state index contributed by atoms with van der Waals surface area (Å²) in [6.45, 7) is 2.57. The lowest BCUT2D eigenvalue weighted by molar-refractivity contribution is 0.0973. The Kier molecular flexibility index (Phi) is 5.36. The number of carbonyl (C=O) groups excluding carboxylic acids is 1. The van der Waals surface area contributed by atoms with Crippen LogP contribution in [0.5, 0.6) is 5.75 Å². The van der Waals surface area contributed by atoms with Crippen molar-refractivity contribution in [2.45, 2.75) is 19.8 Å². The Morgan fingerprint density at radius 2 is 1.90 bits per heavy atom. The molecule has 0 fully saturated rings. The molecule has 2 aromatic carbocycles. The van der Waals surface area contributed by atoms with Gasteiger partial charge in [-0.25, -0.2) is 0 Å². The van der Waals surface area contributed by atoms with Crippen molar-refractivity contribution in [2.24, 2.45) is 0 Å². The maximum atomic E-state index is 11.9. The zero-order chi connectivity index (χ0) is 14.4. The molecule has 0 saturated heterocycles. The second-order valence-electron chi connectivity index (χ2n) is 4.65. The van der Waals surface area contributed by atoms with Crippen molar-refractivity contribution in [3.63, 3.8) is 0 Å². The Hall–Kier alpha value is -1.61. The fraction of sp³-hybridized carbons (Fsp3) is 0.235. The molecular formula is C17H17BrO2. The number of ketones is 1. The molecule has 0 aliphatic rings. The van der Waals surface area contributed by atoms with Crippen LogP contribution >= 0.6 is 15.9 Å². The predicted octanol–water partition coefficient (Wildman–Crippen LogP) is 4.80. The standard InChI is InChI=1S/C17H17BrO2/c1-13-12-15(18)9-10-17(13)20-11-5-8-16(19)14-6-3-2-4-7-14/h2-4,6-7,9-10,12H,5,8,11H2,1H3. The molecule has 0 N–H and O–H groups in total. The van der Waals surface area contributed by atoms with Crippen LogP contribution in [0.1, 0.15) is 28.8 Å². The van der Waals surface area contributed by atoms with Crippen molar-refractivity contribution in [1.29, 1.82) is 0 Å². The minimum atomic E-state index is 0.168. The largest absolute Gasteiger partial charge is 0.493 e. The van der Waals surface area contributed by atoms with Crippen molar-refractivity contribution in [3.8, 4) is 5.75 Å². The van der Waals surface area contributed by atoms with Crippen LogP contribution in [-0.2, 0) is 0 Å². The van der Waals surface area contributed by atoms with Crippen LogP contribution in [0.25, 0.3) is 0 Å². The third kappa shape index (κ3) is 4.20. The molecule has 20 heavy (non-hydrogen) atoms. The summed E-state index contributed by atoms with van der Waals surface area (Å²) in [5, 5.41) is 0. The van der Waals surface area contributed by atoms with E-state index < -0.39 is 0 Å². The van der Waals surface area contributed by atoms with Gasteiger partial charge in [0.05, 0.1) is 6.61 Å². The molecule has 0 aliphatic heterocycles. The molecule has 104 valence electrons. The zero-order valence-electron chi connectivity index (χ0n) is 11.4. The topological polar surface area (TPSA) is 26.3 Å². The summed E-state index contributed by atoms with van der Waals surface area (Å²) in [4.78, 5) is 11.9. The summed E-state index contributed by atoms with van der Waals surface area (Å²) >= 11 is 3.42. The third-order valence-corrected chi connectivity index (χ3v) is 3.53. The summed E-state index contributed by atoms with van der Waals surface area (Å²) < 4.78 is 6.75. The van der Waals surface area contributed by atoms with Crippen LogP contribution < -0.4 is 4.74 Å². The number of aryl methyl sites for hydroxylation is 1. The molecule has 0 heterocycles. The highest BCUT2D eigenvalue weighted by Gasteiger charge is 2.05. The van der Waals surface area contributed by atoms with E-state index in [2.05, 4.69) is 15.9 Å². The Bertz CT molecular complexity index is 579. The van der Waals surface area contributed by atoms with Crippen molar-refractivity contribution >= 4 is 21.7 Å². The van der Waals surface area contributed by atoms with E-state index in [1.807, 2.05) is 55.5 Å². The Labute approximate surface area is 127 Å². The Morgan fingerprint density at radius 1 is 1.15 bits per heavy atom. The van der Waals surface area contributed by atoms with Gasteiger partial charge in [-0.05, 0) is 37.1 Å². The lowest BCUT2D eigenvalue weighted by Crippen LogP contribution is -2.04. The van der Waals surface area contributed by atoms with Gasteiger partial charge in [-0.3, -0.25) is 4.79 Å². The first-order valence-corrected chi connectivity index (χ1v) is 7.43. The number of benzene rings is 2. The summed E-state index contributed by atoms with van der Waals surface area (Å²) in [5.74, 6) is 1.04. The van der Waals surface area contributed by atoms with Crippen LogP contribution in [0.4, 0.5) is 0 Å². The number of ether oxygens (including phenoxy) is 1. The van der Waals surface area contributed by atoms with E-state index in [0.717, 1.165) is 27.8 Å². The van der Waals surface area contributed by atoms with Gasteiger partial charge in [0, 0.05) is 16.5 Å². The highest BCUT2D eigenvalue weighted by molar-refractivity contribution is 9.10. The maximum absolute atomic E-state index is 11.9. The number of hydrogen-bond acceptors (Lipinski definition) is 2. The van der Waals surface area contributed by atoms with Gasteiger partial charge in [0.15, 0.2) is 5.78 Å². The van der Waals surface area contributed by atoms with Crippen LogP contribution in [0.3, 0.4) is 0 Å². The van der Waals surface area contributed by atoms with E-state index in [1.165, 1.54) is 0 Å². The van der Waals surface area contributed by atoms with Crippen LogP contribution in [0.2, 0.25) is 0 Å². The monoisotopic (exact) mass is 332 g/mol. The van der Waals surface area contributed by atoms with Gasteiger partial charge in [-0.2, -0.15) is 0 Å². The summed E-state index contributed by atoms with van der Waals surface area (Å²) in [6, 6.07) is 15.3. The van der Waals surface area contributed by atoms with E-state index >= 15 is 0 Å². The molecule has 0 amide bonds. The number of carbonyl (C=O) groups is 1. The third-order valence-electron chi connectivity index (χ3n) is 3.04. The van der Waals surface area contributed by atoms with Crippen molar-refractivity contribution in [3.05, 3.63) is 64.1 Å². The summed E-state index contributed by atoms with van der Waals surface area (Å²) in [5.41, 5.74) is 1.86. The first-order valence-electron chi connectivity index (χ1n) is 6.64. The van der Waals surface area contributed by atoms with Gasteiger partial charge >= 0.3 is 0 Å². The smallest absolute Gasteiger partial charge is 0.163 e. The molecule has 0 aromatic heterocycles. The predicted molar refractivity (Wildman–Crippen MR) is 84.4 cm³/mol. The molecule has 2 aromatic rings. The SMILES string of the molecule is Cc1cc(Br)ccc1OCCCC(=O)c1ccccc1. The number of Topliss-reactive ketones (excluding diaryl/α,β-unsaturated/α-hetero) is 1. The maximum Gasteiger partial charge on any atom is 0.163 e. The molecule has 3 heteroatoms. The fourth-order valence-corrected chi connectivity index (χ4v) is 2.43. The lowest BCUT2D eigenvalue weighted by atomic mass is 10.1. The Morgan fingerprint density at radius 3 is 2.60 bits per heavy atom. The minimum Gasteiger partial charge on any atom is -0.493 e. The van der Waals surface area contributed by atoms with E-state index in [1.54, 1.807) is 0 Å². The van der Waals surface area contributed by atoms with Gasteiger partial charge < -0.3 is 4.74 Å². The molecular weight excluding hydrogens is 316 g/mol. The summed E-state index contributed by atoms with van der Waals surface area (Å²) in [6.07, 6.45) is 1.24. The van der Waals surface area contributed by atoms with Gasteiger partial charge in [0.25, 0.3) is 0 Å². The quantitative estimate of drug-likeness (QED) is 0.561. The van der Waals surface area contributed by atoms with Gasteiger partial charge in [-0.15, -0.1) is 0 Å². The first-order chi connectivity index (χ1) is 9.66. The normalized spacial score (nSPS) is 10.3. The average molecular weight is 333 g/mol.